The summed E-state index contributed by atoms with van der Waals surface area (Å²) in [5.74, 6) is 0. The van der Waals surface area contributed by atoms with Gasteiger partial charge in [-0.2, -0.15) is 0 Å². The maximum absolute atomic E-state index is 4.60. The smallest absolute Gasteiger partial charge is 0.183 e. The van der Waals surface area contributed by atoms with E-state index in [9.17, 15) is 0 Å². The molecule has 0 amide bonds. The fourth-order valence-corrected chi connectivity index (χ4v) is 3.45. The van der Waals surface area contributed by atoms with Gasteiger partial charge in [-0.1, -0.05) is 17.4 Å². The first-order chi connectivity index (χ1) is 9.20. The summed E-state index contributed by atoms with van der Waals surface area (Å²) in [6.07, 6.45) is 0.944. The average molecular weight is 289 g/mol. The van der Waals surface area contributed by atoms with Crippen molar-refractivity contribution < 1.29 is 0 Å². The van der Waals surface area contributed by atoms with Gasteiger partial charge in [-0.05, 0) is 31.5 Å². The average Bonchev–Trinajstić information content (AvgIpc) is 2.95. The molecule has 3 aromatic rings. The first-order valence-electron chi connectivity index (χ1n) is 6.23. The predicted molar refractivity (Wildman–Crippen MR) is 83.4 cm³/mol. The van der Waals surface area contributed by atoms with Gasteiger partial charge in [0.05, 0.1) is 20.9 Å². The molecule has 0 saturated heterocycles. The summed E-state index contributed by atoms with van der Waals surface area (Å²) in [4.78, 5) is 9.06. The van der Waals surface area contributed by atoms with Crippen LogP contribution in [0.3, 0.4) is 0 Å². The van der Waals surface area contributed by atoms with E-state index in [1.165, 1.54) is 10.3 Å². The van der Waals surface area contributed by atoms with Crippen LogP contribution in [0.15, 0.2) is 23.6 Å². The van der Waals surface area contributed by atoms with Crippen LogP contribution in [-0.4, -0.2) is 16.5 Å². The third kappa shape index (κ3) is 2.93. The summed E-state index contributed by atoms with van der Waals surface area (Å²) in [7, 11) is 0. The minimum atomic E-state index is 0.877. The molecule has 0 spiro atoms. The highest BCUT2D eigenvalue weighted by Gasteiger charge is 2.04. The third-order valence-electron chi connectivity index (χ3n) is 2.87. The lowest BCUT2D eigenvalue weighted by Crippen LogP contribution is -2.04. The molecule has 0 aliphatic heterocycles. The Balaban J connectivity index is 1.65. The Hall–Kier alpha value is -1.46. The topological polar surface area (TPSA) is 37.8 Å². The number of thiazole rings is 2. The van der Waals surface area contributed by atoms with E-state index in [1.54, 1.807) is 22.7 Å². The summed E-state index contributed by atoms with van der Waals surface area (Å²) in [6, 6.07) is 6.39. The van der Waals surface area contributed by atoms with E-state index in [4.69, 9.17) is 0 Å². The number of nitrogens with one attached hydrogen (secondary N) is 1. The lowest BCUT2D eigenvalue weighted by Gasteiger charge is -1.99. The third-order valence-corrected chi connectivity index (χ3v) is 4.68. The van der Waals surface area contributed by atoms with Crippen LogP contribution in [0.2, 0.25) is 0 Å². The van der Waals surface area contributed by atoms with Crippen molar-refractivity contribution in [2.24, 2.45) is 0 Å². The molecule has 0 saturated carbocycles. The van der Waals surface area contributed by atoms with Crippen LogP contribution in [-0.2, 0) is 6.42 Å². The SMILES string of the molecule is Cc1ccc2sc(NCCc3csc(C)n3)nc2c1. The minimum Gasteiger partial charge on any atom is -0.361 e. The van der Waals surface area contributed by atoms with E-state index in [1.807, 2.05) is 6.92 Å². The van der Waals surface area contributed by atoms with Crippen molar-refractivity contribution in [2.75, 3.05) is 11.9 Å². The van der Waals surface area contributed by atoms with E-state index < -0.39 is 0 Å². The molecule has 0 aliphatic rings. The maximum atomic E-state index is 4.60. The summed E-state index contributed by atoms with van der Waals surface area (Å²) in [5, 5.41) is 7.63. The number of hydrogen-bond acceptors (Lipinski definition) is 5. The Labute approximate surface area is 120 Å². The van der Waals surface area contributed by atoms with Crippen LogP contribution in [0.4, 0.5) is 5.13 Å². The molecule has 0 unspecified atom stereocenters. The number of nitrogens with zero attached hydrogens (tertiary/aromatic N) is 2. The lowest BCUT2D eigenvalue weighted by molar-refractivity contribution is 0.967. The Bertz CT molecular complexity index is 700. The fraction of sp³-hybridized carbons (Fsp3) is 0.286. The van der Waals surface area contributed by atoms with Crippen molar-refractivity contribution in [2.45, 2.75) is 20.3 Å². The zero-order chi connectivity index (χ0) is 13.2. The molecule has 0 fully saturated rings. The van der Waals surface area contributed by atoms with Gasteiger partial charge in [-0.25, -0.2) is 9.97 Å². The second-order valence-electron chi connectivity index (χ2n) is 4.52. The van der Waals surface area contributed by atoms with Crippen molar-refractivity contribution in [1.82, 2.24) is 9.97 Å². The second kappa shape index (κ2) is 5.27. The molecule has 3 rings (SSSR count). The number of rotatable bonds is 4. The van der Waals surface area contributed by atoms with Gasteiger partial charge < -0.3 is 5.32 Å². The van der Waals surface area contributed by atoms with Crippen molar-refractivity contribution >= 4 is 38.0 Å². The highest BCUT2D eigenvalue weighted by Crippen LogP contribution is 2.26. The van der Waals surface area contributed by atoms with Gasteiger partial charge >= 0.3 is 0 Å². The van der Waals surface area contributed by atoms with Crippen molar-refractivity contribution in [1.29, 1.82) is 0 Å². The largest absolute Gasteiger partial charge is 0.361 e. The molecular weight excluding hydrogens is 274 g/mol. The number of fused-ring (bicyclic) bond motifs is 1. The van der Waals surface area contributed by atoms with Gasteiger partial charge in [0.2, 0.25) is 0 Å². The van der Waals surface area contributed by atoms with Crippen LogP contribution in [0.1, 0.15) is 16.3 Å². The van der Waals surface area contributed by atoms with Gasteiger partial charge in [-0.3, -0.25) is 0 Å². The Kier molecular flexibility index (Phi) is 3.48. The summed E-state index contributed by atoms with van der Waals surface area (Å²) < 4.78 is 1.23. The molecule has 0 atom stereocenters. The van der Waals surface area contributed by atoms with Crippen LogP contribution >= 0.6 is 22.7 Å². The van der Waals surface area contributed by atoms with E-state index in [2.05, 4.69) is 45.8 Å². The molecule has 5 heteroatoms. The quantitative estimate of drug-likeness (QED) is 0.788. The monoisotopic (exact) mass is 289 g/mol. The number of aryl methyl sites for hydroxylation is 2. The zero-order valence-corrected chi connectivity index (χ0v) is 12.6. The number of anilines is 1. The molecule has 0 radical (unpaired) electrons. The second-order valence-corrected chi connectivity index (χ2v) is 6.62. The molecule has 1 N–H and O–H groups in total. The van der Waals surface area contributed by atoms with Gasteiger partial charge in [0.25, 0.3) is 0 Å². The summed E-state index contributed by atoms with van der Waals surface area (Å²) >= 11 is 3.41. The van der Waals surface area contributed by atoms with Crippen molar-refractivity contribution in [3.63, 3.8) is 0 Å². The van der Waals surface area contributed by atoms with Gasteiger partial charge in [0, 0.05) is 18.3 Å². The standard InChI is InChI=1S/C14H15N3S2/c1-9-3-4-13-12(7-9)17-14(19-13)15-6-5-11-8-18-10(2)16-11/h3-4,7-8H,5-6H2,1-2H3,(H,15,17). The molecule has 19 heavy (non-hydrogen) atoms. The highest BCUT2D eigenvalue weighted by molar-refractivity contribution is 7.22. The molecule has 0 bridgehead atoms. The van der Waals surface area contributed by atoms with Crippen molar-refractivity contribution in [3.05, 3.63) is 39.8 Å². The maximum Gasteiger partial charge on any atom is 0.183 e. The summed E-state index contributed by atoms with van der Waals surface area (Å²) in [6.45, 7) is 5.01. The zero-order valence-electron chi connectivity index (χ0n) is 10.9. The Morgan fingerprint density at radius 1 is 1.21 bits per heavy atom. The van der Waals surface area contributed by atoms with E-state index in [-0.39, 0.29) is 0 Å². The number of hydrogen-bond donors (Lipinski definition) is 1. The first kappa shape index (κ1) is 12.6. The fourth-order valence-electron chi connectivity index (χ4n) is 1.93. The predicted octanol–water partition coefficient (Wildman–Crippen LogP) is 4.02. The molecule has 98 valence electrons. The van der Waals surface area contributed by atoms with Crippen LogP contribution in [0.25, 0.3) is 10.2 Å². The van der Waals surface area contributed by atoms with Gasteiger partial charge in [-0.15, -0.1) is 11.3 Å². The summed E-state index contributed by atoms with van der Waals surface area (Å²) in [5.41, 5.74) is 3.49. The molecule has 3 nitrogen and oxygen atoms in total. The molecular formula is C14H15N3S2. The Morgan fingerprint density at radius 3 is 2.89 bits per heavy atom. The lowest BCUT2D eigenvalue weighted by atomic mass is 10.2. The van der Waals surface area contributed by atoms with Crippen molar-refractivity contribution in [3.8, 4) is 0 Å². The Morgan fingerprint density at radius 2 is 2.11 bits per heavy atom. The molecule has 2 heterocycles. The molecule has 0 aliphatic carbocycles. The van der Waals surface area contributed by atoms with Crippen LogP contribution < -0.4 is 5.32 Å². The van der Waals surface area contributed by atoms with E-state index in [0.717, 1.165) is 34.3 Å². The van der Waals surface area contributed by atoms with Crippen LogP contribution in [0.5, 0.6) is 0 Å². The highest BCUT2D eigenvalue weighted by atomic mass is 32.1. The first-order valence-corrected chi connectivity index (χ1v) is 7.92. The van der Waals surface area contributed by atoms with E-state index >= 15 is 0 Å². The minimum absolute atomic E-state index is 0.877. The normalized spacial score (nSPS) is 11.1. The van der Waals surface area contributed by atoms with E-state index in [0.29, 0.717) is 0 Å². The van der Waals surface area contributed by atoms with Crippen LogP contribution in [0, 0.1) is 13.8 Å². The molecule has 2 aromatic heterocycles. The van der Waals surface area contributed by atoms with Gasteiger partial charge in [0.15, 0.2) is 5.13 Å². The number of aromatic nitrogens is 2. The molecule has 1 aromatic carbocycles. The number of benzene rings is 1. The van der Waals surface area contributed by atoms with Gasteiger partial charge in [0.1, 0.15) is 0 Å².